The monoisotopic (exact) mass is 890 g/mol. The molecule has 0 radical (unpaired) electrons. The first kappa shape index (κ1) is 42.4. The van der Waals surface area contributed by atoms with E-state index in [1.807, 2.05) is 47.2 Å². The number of anilines is 5. The molecule has 0 saturated carbocycles. The first-order valence-electron chi connectivity index (χ1n) is 22.7. The number of aromatic hydroxyl groups is 1. The maximum atomic E-state index is 15.4. The predicted molar refractivity (Wildman–Crippen MR) is 242 cm³/mol. The lowest BCUT2D eigenvalue weighted by atomic mass is 10.0. The number of nitrogen functional groups attached to an aromatic ring is 1. The molecule has 10 rings (SSSR count). The number of piperidine rings is 3. The summed E-state index contributed by atoms with van der Waals surface area (Å²) in [6.45, 7) is 5.57. The number of nitrogens with zero attached hydrogens (tertiary/aromatic N) is 8. The molecular weight excluding hydrogens is 836 g/mol. The maximum Gasteiger partial charge on any atom is 0.319 e. The lowest BCUT2D eigenvalue weighted by Gasteiger charge is -2.51. The van der Waals surface area contributed by atoms with Gasteiger partial charge in [0, 0.05) is 95.0 Å². The van der Waals surface area contributed by atoms with Crippen LogP contribution in [0.4, 0.5) is 37.8 Å². The van der Waals surface area contributed by atoms with E-state index in [0.717, 1.165) is 54.4 Å². The minimum atomic E-state index is -0.414. The Labute approximate surface area is 376 Å². The van der Waals surface area contributed by atoms with Crippen LogP contribution in [0.2, 0.25) is 0 Å². The van der Waals surface area contributed by atoms with Crippen molar-refractivity contribution >= 4 is 46.4 Å². The number of imide groups is 1. The number of aromatic nitrogens is 2. The number of hydrogen-bond acceptors (Lipinski definition) is 14. The molecule has 4 N–H and O–H groups in total. The van der Waals surface area contributed by atoms with Gasteiger partial charge in [-0.05, 0) is 55.7 Å². The second-order valence-electron chi connectivity index (χ2n) is 17.9. The number of carbonyl (C=O) groups excluding carboxylic acids is 3. The number of phenols is 1. The molecule has 65 heavy (non-hydrogen) atoms. The summed E-state index contributed by atoms with van der Waals surface area (Å²) in [6.07, 6.45) is 3.46. The van der Waals surface area contributed by atoms with Crippen molar-refractivity contribution in [2.24, 2.45) is 0 Å². The summed E-state index contributed by atoms with van der Waals surface area (Å²) in [5.41, 5.74) is 10.7. The van der Waals surface area contributed by atoms with Crippen molar-refractivity contribution in [3.8, 4) is 28.5 Å². The lowest BCUT2D eigenvalue weighted by Crippen LogP contribution is -2.65. The number of fused-ring (bicyclic) bond motifs is 3. The van der Waals surface area contributed by atoms with E-state index in [0.29, 0.717) is 101 Å². The van der Waals surface area contributed by atoms with Gasteiger partial charge in [-0.1, -0.05) is 18.2 Å². The summed E-state index contributed by atoms with van der Waals surface area (Å²) in [5, 5.41) is 21.4. The highest BCUT2D eigenvalue weighted by Gasteiger charge is 2.41. The molecule has 1 unspecified atom stereocenters. The van der Waals surface area contributed by atoms with E-state index in [4.69, 9.17) is 19.9 Å². The van der Waals surface area contributed by atoms with Crippen LogP contribution in [-0.4, -0.2) is 146 Å². The average Bonchev–Trinajstić information content (AvgIpc) is 3.31. The van der Waals surface area contributed by atoms with E-state index in [-0.39, 0.29) is 53.6 Å². The number of urea groups is 1. The zero-order valence-corrected chi connectivity index (χ0v) is 36.5. The molecule has 17 nitrogen and oxygen atoms in total. The highest BCUT2D eigenvalue weighted by Crippen LogP contribution is 2.43. The molecule has 4 amide bonds. The van der Waals surface area contributed by atoms with Crippen LogP contribution in [0.3, 0.4) is 0 Å². The van der Waals surface area contributed by atoms with Crippen molar-refractivity contribution < 1.29 is 38.1 Å². The van der Waals surface area contributed by atoms with Crippen LogP contribution in [-0.2, 0) is 14.3 Å². The van der Waals surface area contributed by atoms with Crippen LogP contribution in [0.25, 0.3) is 11.3 Å². The van der Waals surface area contributed by atoms with Gasteiger partial charge in [0.05, 0.1) is 54.6 Å². The quantitative estimate of drug-likeness (QED) is 0.214. The van der Waals surface area contributed by atoms with Crippen LogP contribution < -0.4 is 40.1 Å². The topological polar surface area (TPSA) is 182 Å². The Morgan fingerprint density at radius 2 is 1.63 bits per heavy atom. The number of phenolic OH excluding ortho intramolecular Hbond substituents is 1. The van der Waals surface area contributed by atoms with Crippen molar-refractivity contribution in [2.75, 3.05) is 98.0 Å². The second-order valence-corrected chi connectivity index (χ2v) is 17.9. The summed E-state index contributed by atoms with van der Waals surface area (Å²) in [7, 11) is 1.89. The standard InChI is InChI=1S/C47H55FN10O7/c1-53(30-11-15-54(16-12-30)38-6-4-7-39-44(38)64-20-19-57(39)40-9-10-43(60)50-46(40)61)47(62)55-17-13-34(14-18-55)65-35-22-29(48)21-31(23-35)58-32-25-56(26-33(58)28-63-27-32)41-24-37(51-52-45(41)49)36-5-2-3-8-42(36)59/h2-8,21-24,30,32-34,40,59H,9-20,25-28H2,1H3,(H2,49,52)(H,50,60,61)/t32-,33?,40+/m1/s1. The number of benzene rings is 3. The number of ether oxygens (including phenoxy) is 3. The number of hydrogen-bond donors (Lipinski definition) is 3. The second kappa shape index (κ2) is 17.8. The fourth-order valence-corrected chi connectivity index (χ4v) is 10.5. The largest absolute Gasteiger partial charge is 0.507 e. The fraction of sp³-hybridized carbons (Fsp3) is 0.468. The molecule has 6 aliphatic rings. The molecule has 7 heterocycles. The van der Waals surface area contributed by atoms with Crippen molar-refractivity contribution in [1.82, 2.24) is 25.3 Å². The highest BCUT2D eigenvalue weighted by molar-refractivity contribution is 6.02. The smallest absolute Gasteiger partial charge is 0.319 e. The summed E-state index contributed by atoms with van der Waals surface area (Å²) < 4.78 is 34.0. The molecule has 6 aliphatic heterocycles. The Morgan fingerprint density at radius 1 is 0.877 bits per heavy atom. The van der Waals surface area contributed by atoms with Gasteiger partial charge in [0.1, 0.15) is 36.1 Å². The molecule has 2 bridgehead atoms. The lowest BCUT2D eigenvalue weighted by molar-refractivity contribution is -0.134. The Bertz CT molecular complexity index is 2430. The highest BCUT2D eigenvalue weighted by atomic mass is 19.1. The van der Waals surface area contributed by atoms with E-state index < -0.39 is 6.04 Å². The molecular formula is C47H55FN10O7. The third-order valence-corrected chi connectivity index (χ3v) is 13.9. The van der Waals surface area contributed by atoms with E-state index in [9.17, 15) is 19.5 Å². The van der Waals surface area contributed by atoms with Gasteiger partial charge in [-0.25, -0.2) is 9.18 Å². The fourth-order valence-electron chi connectivity index (χ4n) is 10.5. The number of likely N-dealkylation sites (tertiary alicyclic amines) is 1. The number of piperazine rings is 1. The normalized spacial score (nSPS) is 22.9. The van der Waals surface area contributed by atoms with E-state index in [1.54, 1.807) is 24.3 Å². The van der Waals surface area contributed by atoms with Crippen molar-refractivity contribution in [3.05, 3.63) is 72.5 Å². The molecule has 5 saturated heterocycles. The number of amides is 4. The number of carbonyl (C=O) groups is 3. The molecule has 3 aromatic carbocycles. The van der Waals surface area contributed by atoms with Gasteiger partial charge in [0.15, 0.2) is 11.6 Å². The Balaban J connectivity index is 0.733. The molecule has 5 fully saturated rings. The maximum absolute atomic E-state index is 15.4. The van der Waals surface area contributed by atoms with Crippen molar-refractivity contribution in [2.45, 2.75) is 68.8 Å². The Kier molecular flexibility index (Phi) is 11.6. The van der Waals surface area contributed by atoms with Crippen LogP contribution in [0, 0.1) is 5.82 Å². The van der Waals surface area contributed by atoms with Crippen LogP contribution >= 0.6 is 0 Å². The number of para-hydroxylation sites is 2. The molecule has 4 aromatic rings. The Morgan fingerprint density at radius 3 is 2.38 bits per heavy atom. The molecule has 0 spiro atoms. The van der Waals surface area contributed by atoms with Crippen molar-refractivity contribution in [1.29, 1.82) is 0 Å². The van der Waals surface area contributed by atoms with E-state index in [1.165, 1.54) is 6.07 Å². The van der Waals surface area contributed by atoms with Gasteiger partial charge in [0.2, 0.25) is 11.8 Å². The summed E-state index contributed by atoms with van der Waals surface area (Å²) >= 11 is 0. The van der Waals surface area contributed by atoms with Gasteiger partial charge in [-0.3, -0.25) is 14.9 Å². The zero-order chi connectivity index (χ0) is 44.8. The molecule has 3 atom stereocenters. The van der Waals surface area contributed by atoms with Gasteiger partial charge in [-0.2, -0.15) is 0 Å². The Hall–Kier alpha value is -6.56. The predicted octanol–water partition coefficient (Wildman–Crippen LogP) is 4.23. The van der Waals surface area contributed by atoms with E-state index >= 15 is 4.39 Å². The average molecular weight is 891 g/mol. The summed E-state index contributed by atoms with van der Waals surface area (Å²) in [4.78, 5) is 50.9. The van der Waals surface area contributed by atoms with Gasteiger partial charge >= 0.3 is 6.03 Å². The molecule has 1 aromatic heterocycles. The minimum absolute atomic E-state index is 0.00175. The number of rotatable bonds is 8. The first-order chi connectivity index (χ1) is 31.6. The number of halogens is 1. The molecule has 342 valence electrons. The SMILES string of the molecule is CN(C(=O)N1CCC(Oc2cc(F)cc(N3C4COC[C@H]3CN(c3cc(-c5ccccc5O)nnc3N)C4)c2)CC1)C1CCN(c2cccc3c2OCCN3[C@H]2CCC(=O)NC2=O)CC1. The molecule has 0 aliphatic carbocycles. The van der Waals surface area contributed by atoms with E-state index in [2.05, 4.69) is 41.2 Å². The summed E-state index contributed by atoms with van der Waals surface area (Å²) in [6, 6.07) is 19.2. The third kappa shape index (κ3) is 8.46. The van der Waals surface area contributed by atoms with Crippen molar-refractivity contribution in [3.63, 3.8) is 0 Å². The minimum Gasteiger partial charge on any atom is -0.507 e. The third-order valence-electron chi connectivity index (χ3n) is 13.9. The molecule has 18 heteroatoms. The number of nitrogens with one attached hydrogen (secondary N) is 1. The number of nitrogens with two attached hydrogens (primary N) is 1. The zero-order valence-electron chi connectivity index (χ0n) is 36.5. The van der Waals surface area contributed by atoms with Gasteiger partial charge in [-0.15, -0.1) is 10.2 Å². The van der Waals surface area contributed by atoms with Crippen LogP contribution in [0.5, 0.6) is 17.2 Å². The first-order valence-corrected chi connectivity index (χ1v) is 22.7. The number of morpholine rings is 1. The van der Waals surface area contributed by atoms with Gasteiger partial charge in [0.25, 0.3) is 0 Å². The van der Waals surface area contributed by atoms with Gasteiger partial charge < -0.3 is 54.5 Å². The van der Waals surface area contributed by atoms with Crippen LogP contribution in [0.1, 0.15) is 38.5 Å². The summed E-state index contributed by atoms with van der Waals surface area (Å²) in [5.74, 6) is 0.732. The van der Waals surface area contributed by atoms with Crippen LogP contribution in [0.15, 0.2) is 66.7 Å².